The van der Waals surface area contributed by atoms with Crippen LogP contribution in [0.4, 0.5) is 4.79 Å². The molecule has 0 aliphatic heterocycles. The van der Waals surface area contributed by atoms with Crippen LogP contribution in [-0.4, -0.2) is 51.4 Å². The van der Waals surface area contributed by atoms with E-state index in [9.17, 15) is 14.7 Å². The summed E-state index contributed by atoms with van der Waals surface area (Å²) in [6.45, 7) is 3.69. The molecule has 2 heterocycles. The van der Waals surface area contributed by atoms with E-state index < -0.39 is 5.97 Å². The summed E-state index contributed by atoms with van der Waals surface area (Å²) in [5.41, 5.74) is 2.57. The van der Waals surface area contributed by atoms with E-state index in [-0.39, 0.29) is 30.8 Å². The zero-order valence-corrected chi connectivity index (χ0v) is 19.4. The Balaban J connectivity index is 1.42. The summed E-state index contributed by atoms with van der Waals surface area (Å²) in [4.78, 5) is 30.0. The van der Waals surface area contributed by atoms with E-state index in [1.54, 1.807) is 24.9 Å². The van der Waals surface area contributed by atoms with Gasteiger partial charge in [-0.2, -0.15) is 0 Å². The fourth-order valence-corrected chi connectivity index (χ4v) is 4.69. The SMILES string of the molecule is Cc1nc(-c2onc(C)c2COC(=O)N(C)C2CCCC2)ccc1O[C@H]1CC[C@H](C(=O)O)C1. The van der Waals surface area contributed by atoms with E-state index in [1.165, 1.54) is 0 Å². The van der Waals surface area contributed by atoms with Crippen LogP contribution < -0.4 is 4.74 Å². The van der Waals surface area contributed by atoms with Gasteiger partial charge in [-0.15, -0.1) is 0 Å². The number of aromatic nitrogens is 2. The summed E-state index contributed by atoms with van der Waals surface area (Å²) >= 11 is 0. The summed E-state index contributed by atoms with van der Waals surface area (Å²) < 4.78 is 17.1. The molecular formula is C24H31N3O6. The number of amides is 1. The van der Waals surface area contributed by atoms with Gasteiger partial charge in [-0.3, -0.25) is 4.79 Å². The Labute approximate surface area is 193 Å². The highest BCUT2D eigenvalue weighted by molar-refractivity contribution is 5.70. The van der Waals surface area contributed by atoms with Crippen molar-refractivity contribution in [3.63, 3.8) is 0 Å². The molecular weight excluding hydrogens is 426 g/mol. The van der Waals surface area contributed by atoms with Crippen LogP contribution >= 0.6 is 0 Å². The third-order valence-electron chi connectivity index (χ3n) is 6.78. The molecule has 2 saturated carbocycles. The summed E-state index contributed by atoms with van der Waals surface area (Å²) in [5, 5.41) is 13.2. The minimum absolute atomic E-state index is 0.0538. The molecule has 2 aromatic rings. The Bertz CT molecular complexity index is 1010. The number of nitrogens with zero attached hydrogens (tertiary/aromatic N) is 3. The molecule has 0 saturated heterocycles. The molecule has 4 rings (SSSR count). The monoisotopic (exact) mass is 457 g/mol. The van der Waals surface area contributed by atoms with Gasteiger partial charge in [-0.05, 0) is 58.1 Å². The Kier molecular flexibility index (Phi) is 6.85. The molecule has 2 atom stereocenters. The number of carbonyl (C=O) groups is 2. The van der Waals surface area contributed by atoms with Crippen molar-refractivity contribution < 1.29 is 28.7 Å². The van der Waals surface area contributed by atoms with Crippen LogP contribution in [-0.2, 0) is 16.1 Å². The lowest BCUT2D eigenvalue weighted by Crippen LogP contribution is -2.35. The Morgan fingerprint density at radius 3 is 2.58 bits per heavy atom. The van der Waals surface area contributed by atoms with Gasteiger partial charge in [0.1, 0.15) is 18.1 Å². The second kappa shape index (κ2) is 9.80. The van der Waals surface area contributed by atoms with Crippen molar-refractivity contribution in [3.8, 4) is 17.2 Å². The zero-order valence-electron chi connectivity index (χ0n) is 19.4. The molecule has 0 spiro atoms. The maximum absolute atomic E-state index is 12.5. The number of carboxylic acids is 1. The Hall–Kier alpha value is -3.10. The van der Waals surface area contributed by atoms with Crippen LogP contribution in [0.5, 0.6) is 5.75 Å². The molecule has 2 aromatic heterocycles. The van der Waals surface area contributed by atoms with E-state index in [4.69, 9.17) is 14.0 Å². The molecule has 33 heavy (non-hydrogen) atoms. The summed E-state index contributed by atoms with van der Waals surface area (Å²) in [7, 11) is 1.78. The maximum atomic E-state index is 12.5. The molecule has 1 N–H and O–H groups in total. The average molecular weight is 458 g/mol. The lowest BCUT2D eigenvalue weighted by Gasteiger charge is -2.23. The van der Waals surface area contributed by atoms with Gasteiger partial charge in [0.2, 0.25) is 0 Å². The van der Waals surface area contributed by atoms with Crippen molar-refractivity contribution in [1.29, 1.82) is 0 Å². The van der Waals surface area contributed by atoms with Gasteiger partial charge in [0.05, 0.1) is 29.0 Å². The number of aliphatic carboxylic acids is 1. The predicted molar refractivity (Wildman–Crippen MR) is 119 cm³/mol. The molecule has 0 radical (unpaired) electrons. The van der Waals surface area contributed by atoms with Crippen molar-refractivity contribution >= 4 is 12.1 Å². The van der Waals surface area contributed by atoms with Crippen molar-refractivity contribution in [3.05, 3.63) is 29.1 Å². The van der Waals surface area contributed by atoms with Crippen LogP contribution in [0, 0.1) is 19.8 Å². The second-order valence-electron chi connectivity index (χ2n) is 9.05. The lowest BCUT2D eigenvalue weighted by atomic mass is 10.1. The molecule has 2 fully saturated rings. The van der Waals surface area contributed by atoms with E-state index in [1.807, 2.05) is 13.0 Å². The van der Waals surface area contributed by atoms with Crippen LogP contribution in [0.3, 0.4) is 0 Å². The minimum Gasteiger partial charge on any atom is -0.489 e. The maximum Gasteiger partial charge on any atom is 0.410 e. The third kappa shape index (κ3) is 5.12. The van der Waals surface area contributed by atoms with Gasteiger partial charge in [-0.1, -0.05) is 18.0 Å². The summed E-state index contributed by atoms with van der Waals surface area (Å²) in [5.74, 6) is -0.0326. The summed E-state index contributed by atoms with van der Waals surface area (Å²) in [6.07, 6.45) is 5.67. The molecule has 0 aromatic carbocycles. The van der Waals surface area contributed by atoms with Crippen LogP contribution in [0.2, 0.25) is 0 Å². The first kappa shape index (κ1) is 23.1. The fraction of sp³-hybridized carbons (Fsp3) is 0.583. The number of carbonyl (C=O) groups excluding carboxylic acids is 1. The normalized spacial score (nSPS) is 20.7. The number of pyridine rings is 1. The smallest absolute Gasteiger partial charge is 0.410 e. The average Bonchev–Trinajstić information content (AvgIpc) is 3.54. The van der Waals surface area contributed by atoms with Crippen molar-refractivity contribution in [2.45, 2.75) is 77.5 Å². The Morgan fingerprint density at radius 2 is 1.91 bits per heavy atom. The van der Waals surface area contributed by atoms with Crippen molar-refractivity contribution in [2.75, 3.05) is 7.05 Å². The van der Waals surface area contributed by atoms with Gasteiger partial charge in [-0.25, -0.2) is 9.78 Å². The molecule has 9 heteroatoms. The number of hydrogen-bond acceptors (Lipinski definition) is 7. The number of carboxylic acid groups (broad SMARTS) is 1. The molecule has 178 valence electrons. The number of hydrogen-bond donors (Lipinski definition) is 1. The van der Waals surface area contributed by atoms with Crippen LogP contribution in [0.15, 0.2) is 16.7 Å². The molecule has 2 aliphatic carbocycles. The van der Waals surface area contributed by atoms with Gasteiger partial charge in [0.15, 0.2) is 5.76 Å². The van der Waals surface area contributed by atoms with Gasteiger partial charge < -0.3 is 24.0 Å². The largest absolute Gasteiger partial charge is 0.489 e. The van der Waals surface area contributed by atoms with Crippen molar-refractivity contribution in [1.82, 2.24) is 15.0 Å². The van der Waals surface area contributed by atoms with E-state index in [2.05, 4.69) is 10.1 Å². The predicted octanol–water partition coefficient (Wildman–Crippen LogP) is 4.50. The second-order valence-corrected chi connectivity index (χ2v) is 9.05. The molecule has 1 amide bonds. The summed E-state index contributed by atoms with van der Waals surface area (Å²) in [6, 6.07) is 3.83. The fourth-order valence-electron chi connectivity index (χ4n) is 4.69. The highest BCUT2D eigenvalue weighted by Gasteiger charge is 2.31. The quantitative estimate of drug-likeness (QED) is 0.646. The van der Waals surface area contributed by atoms with E-state index in [0.717, 1.165) is 25.7 Å². The van der Waals surface area contributed by atoms with Crippen LogP contribution in [0.25, 0.3) is 11.5 Å². The highest BCUT2D eigenvalue weighted by atomic mass is 16.6. The number of rotatable bonds is 7. The standard InChI is InChI=1S/C24H31N3O6/c1-14-19(13-31-24(30)27(3)17-6-4-5-7-17)22(33-26-14)20-10-11-21(15(2)25-20)32-18-9-8-16(12-18)23(28)29/h10-11,16-18H,4-9,12-13H2,1-3H3,(H,28,29)/t16-,18-/m0/s1. The highest BCUT2D eigenvalue weighted by Crippen LogP contribution is 2.32. The van der Waals surface area contributed by atoms with Gasteiger partial charge >= 0.3 is 12.1 Å². The van der Waals surface area contributed by atoms with Gasteiger partial charge in [0.25, 0.3) is 0 Å². The van der Waals surface area contributed by atoms with Crippen LogP contribution in [0.1, 0.15) is 61.9 Å². The molecule has 9 nitrogen and oxygen atoms in total. The first-order valence-electron chi connectivity index (χ1n) is 11.6. The molecule has 0 bridgehead atoms. The topological polar surface area (TPSA) is 115 Å². The Morgan fingerprint density at radius 1 is 1.15 bits per heavy atom. The van der Waals surface area contributed by atoms with E-state index >= 15 is 0 Å². The first-order valence-corrected chi connectivity index (χ1v) is 11.6. The number of aryl methyl sites for hydroxylation is 2. The van der Waals surface area contributed by atoms with E-state index in [0.29, 0.717) is 53.4 Å². The minimum atomic E-state index is -0.769. The molecule has 2 aliphatic rings. The van der Waals surface area contributed by atoms with Gasteiger partial charge in [0, 0.05) is 13.1 Å². The molecule has 0 unspecified atom stereocenters. The number of ether oxygens (including phenoxy) is 2. The lowest BCUT2D eigenvalue weighted by molar-refractivity contribution is -0.141. The van der Waals surface area contributed by atoms with Crippen molar-refractivity contribution in [2.24, 2.45) is 5.92 Å². The zero-order chi connectivity index (χ0) is 23.5. The third-order valence-corrected chi connectivity index (χ3v) is 6.78. The first-order chi connectivity index (χ1) is 15.8.